The SMILES string of the molecule is COc1ccc(C)cc1N(CC(=O)Nc1ccc(Oc2ccccc2)cc1)S(=O)(=O)c1ccccc1. The fourth-order valence-electron chi connectivity index (χ4n) is 3.58. The van der Waals surface area contributed by atoms with Crippen LogP contribution in [0.2, 0.25) is 0 Å². The summed E-state index contributed by atoms with van der Waals surface area (Å²) in [6.45, 7) is 1.40. The van der Waals surface area contributed by atoms with E-state index in [-0.39, 0.29) is 10.6 Å². The highest BCUT2D eigenvalue weighted by Crippen LogP contribution is 2.33. The average Bonchev–Trinajstić information content (AvgIpc) is 2.89. The molecule has 36 heavy (non-hydrogen) atoms. The maximum atomic E-state index is 13.6. The van der Waals surface area contributed by atoms with E-state index in [1.165, 1.54) is 19.2 Å². The first-order valence-corrected chi connectivity index (χ1v) is 12.7. The van der Waals surface area contributed by atoms with Crippen LogP contribution in [0.1, 0.15) is 5.56 Å². The number of aryl methyl sites for hydroxylation is 1. The van der Waals surface area contributed by atoms with Gasteiger partial charge in [-0.15, -0.1) is 0 Å². The van der Waals surface area contributed by atoms with Crippen molar-refractivity contribution in [2.75, 3.05) is 23.3 Å². The number of ether oxygens (including phenoxy) is 2. The fraction of sp³-hybridized carbons (Fsp3) is 0.107. The van der Waals surface area contributed by atoms with E-state index in [1.54, 1.807) is 54.6 Å². The third-order valence-electron chi connectivity index (χ3n) is 5.34. The molecule has 7 nitrogen and oxygen atoms in total. The number of carbonyl (C=O) groups is 1. The highest BCUT2D eigenvalue weighted by molar-refractivity contribution is 7.92. The third-order valence-corrected chi connectivity index (χ3v) is 7.11. The smallest absolute Gasteiger partial charge is 0.264 e. The lowest BCUT2D eigenvalue weighted by atomic mass is 10.2. The number of hydrogen-bond donors (Lipinski definition) is 1. The van der Waals surface area contributed by atoms with Gasteiger partial charge < -0.3 is 14.8 Å². The quantitative estimate of drug-likeness (QED) is 0.321. The molecular formula is C28H26N2O5S. The summed E-state index contributed by atoms with van der Waals surface area (Å²) in [5.74, 6) is 1.14. The molecule has 0 saturated heterocycles. The van der Waals surface area contributed by atoms with E-state index >= 15 is 0 Å². The molecule has 0 spiro atoms. The zero-order valence-corrected chi connectivity index (χ0v) is 20.7. The molecule has 184 valence electrons. The van der Waals surface area contributed by atoms with E-state index in [0.29, 0.717) is 22.9 Å². The predicted octanol–water partition coefficient (Wildman–Crippen LogP) is 5.63. The van der Waals surface area contributed by atoms with E-state index in [2.05, 4.69) is 5.32 Å². The molecule has 0 heterocycles. The molecule has 0 aliphatic carbocycles. The van der Waals surface area contributed by atoms with Crippen LogP contribution in [0.25, 0.3) is 0 Å². The van der Waals surface area contributed by atoms with Crippen LogP contribution in [0.4, 0.5) is 11.4 Å². The Labute approximate surface area is 211 Å². The number of methoxy groups -OCH3 is 1. The van der Waals surface area contributed by atoms with E-state index in [4.69, 9.17) is 9.47 Å². The lowest BCUT2D eigenvalue weighted by molar-refractivity contribution is -0.114. The molecule has 0 aromatic heterocycles. The van der Waals surface area contributed by atoms with Crippen LogP contribution in [-0.2, 0) is 14.8 Å². The van der Waals surface area contributed by atoms with E-state index < -0.39 is 22.5 Å². The first kappa shape index (κ1) is 24.8. The van der Waals surface area contributed by atoms with Crippen molar-refractivity contribution in [3.05, 3.63) is 109 Å². The summed E-state index contributed by atoms with van der Waals surface area (Å²) < 4.78 is 39.4. The average molecular weight is 503 g/mol. The highest BCUT2D eigenvalue weighted by Gasteiger charge is 2.29. The van der Waals surface area contributed by atoms with Crippen LogP contribution in [0.3, 0.4) is 0 Å². The molecule has 0 atom stereocenters. The lowest BCUT2D eigenvalue weighted by Gasteiger charge is -2.26. The number of nitrogens with zero attached hydrogens (tertiary/aromatic N) is 1. The van der Waals surface area contributed by atoms with E-state index in [0.717, 1.165) is 9.87 Å². The monoisotopic (exact) mass is 502 g/mol. The number of benzene rings is 4. The first-order chi connectivity index (χ1) is 17.4. The Kier molecular flexibility index (Phi) is 7.56. The summed E-state index contributed by atoms with van der Waals surface area (Å²) in [6.07, 6.45) is 0. The molecule has 1 N–H and O–H groups in total. The van der Waals surface area contributed by atoms with Gasteiger partial charge in [0.15, 0.2) is 0 Å². The van der Waals surface area contributed by atoms with Gasteiger partial charge in [-0.3, -0.25) is 9.10 Å². The molecule has 4 rings (SSSR count). The van der Waals surface area contributed by atoms with Gasteiger partial charge in [0.2, 0.25) is 5.91 Å². The minimum absolute atomic E-state index is 0.0729. The topological polar surface area (TPSA) is 84.9 Å². The maximum Gasteiger partial charge on any atom is 0.264 e. The first-order valence-electron chi connectivity index (χ1n) is 11.2. The van der Waals surface area contributed by atoms with E-state index in [1.807, 2.05) is 43.3 Å². The third kappa shape index (κ3) is 5.84. The van der Waals surface area contributed by atoms with Gasteiger partial charge in [-0.05, 0) is 73.2 Å². The fourth-order valence-corrected chi connectivity index (χ4v) is 5.02. The summed E-state index contributed by atoms with van der Waals surface area (Å²) >= 11 is 0. The molecule has 4 aromatic rings. The van der Waals surface area contributed by atoms with Crippen molar-refractivity contribution in [1.82, 2.24) is 0 Å². The zero-order chi connectivity index (χ0) is 25.5. The number of rotatable bonds is 9. The summed E-state index contributed by atoms with van der Waals surface area (Å²) in [7, 11) is -2.60. The number of anilines is 2. The van der Waals surface area contributed by atoms with Crippen LogP contribution < -0.4 is 19.1 Å². The summed E-state index contributed by atoms with van der Waals surface area (Å²) in [4.78, 5) is 13.1. The highest BCUT2D eigenvalue weighted by atomic mass is 32.2. The standard InChI is InChI=1S/C28H26N2O5S/c1-21-13-18-27(34-2)26(19-21)30(36(32,33)25-11-7-4-8-12-25)20-28(31)29-22-14-16-24(17-15-22)35-23-9-5-3-6-10-23/h3-19H,20H2,1-2H3,(H,29,31). The van der Waals surface area contributed by atoms with Gasteiger partial charge in [0, 0.05) is 5.69 Å². The normalized spacial score (nSPS) is 10.9. The van der Waals surface area contributed by atoms with Crippen molar-refractivity contribution in [3.63, 3.8) is 0 Å². The summed E-state index contributed by atoms with van der Waals surface area (Å²) in [6, 6.07) is 29.4. The van der Waals surface area contributed by atoms with Gasteiger partial charge in [0.05, 0.1) is 17.7 Å². The molecular weight excluding hydrogens is 476 g/mol. The second-order valence-corrected chi connectivity index (χ2v) is 9.85. The van der Waals surface area contributed by atoms with Crippen LogP contribution in [0.15, 0.2) is 108 Å². The molecule has 0 unspecified atom stereocenters. The molecule has 1 amide bonds. The summed E-state index contributed by atoms with van der Waals surface area (Å²) in [5, 5.41) is 2.77. The molecule has 0 aliphatic heterocycles. The van der Waals surface area contributed by atoms with Gasteiger partial charge in [-0.1, -0.05) is 42.5 Å². The minimum atomic E-state index is -4.06. The Morgan fingerprint density at radius 1 is 0.833 bits per heavy atom. The molecule has 4 aromatic carbocycles. The molecule has 0 fully saturated rings. The van der Waals surface area contributed by atoms with Crippen molar-refractivity contribution >= 4 is 27.3 Å². The molecule has 8 heteroatoms. The van der Waals surface area contributed by atoms with E-state index in [9.17, 15) is 13.2 Å². The summed E-state index contributed by atoms with van der Waals surface area (Å²) in [5.41, 5.74) is 1.62. The Morgan fingerprint density at radius 2 is 1.44 bits per heavy atom. The second kappa shape index (κ2) is 11.0. The minimum Gasteiger partial charge on any atom is -0.495 e. The van der Waals surface area contributed by atoms with Gasteiger partial charge >= 0.3 is 0 Å². The van der Waals surface area contributed by atoms with Crippen molar-refractivity contribution in [1.29, 1.82) is 0 Å². The number of carbonyl (C=O) groups excluding carboxylic acids is 1. The van der Waals surface area contributed by atoms with Crippen LogP contribution in [-0.4, -0.2) is 28.0 Å². The Morgan fingerprint density at radius 3 is 2.08 bits per heavy atom. The number of para-hydroxylation sites is 1. The second-order valence-electron chi connectivity index (χ2n) is 7.99. The van der Waals surface area contributed by atoms with Crippen LogP contribution >= 0.6 is 0 Å². The Bertz CT molecular complexity index is 1420. The van der Waals surface area contributed by atoms with Crippen molar-refractivity contribution < 1.29 is 22.7 Å². The maximum absolute atomic E-state index is 13.6. The molecule has 0 saturated carbocycles. The largest absolute Gasteiger partial charge is 0.495 e. The predicted molar refractivity (Wildman–Crippen MR) is 140 cm³/mol. The molecule has 0 bridgehead atoms. The Balaban J connectivity index is 1.57. The zero-order valence-electron chi connectivity index (χ0n) is 19.9. The number of hydrogen-bond acceptors (Lipinski definition) is 5. The van der Waals surface area contributed by atoms with Crippen molar-refractivity contribution in [2.45, 2.75) is 11.8 Å². The number of nitrogens with one attached hydrogen (secondary N) is 1. The van der Waals surface area contributed by atoms with Crippen LogP contribution in [0.5, 0.6) is 17.2 Å². The molecule has 0 aliphatic rings. The Hall–Kier alpha value is -4.30. The van der Waals surface area contributed by atoms with Crippen LogP contribution in [0, 0.1) is 6.92 Å². The number of amides is 1. The van der Waals surface area contributed by atoms with Crippen molar-refractivity contribution in [3.8, 4) is 17.2 Å². The number of sulfonamides is 1. The van der Waals surface area contributed by atoms with Gasteiger partial charge in [0.25, 0.3) is 10.0 Å². The van der Waals surface area contributed by atoms with Gasteiger partial charge in [-0.2, -0.15) is 0 Å². The lowest BCUT2D eigenvalue weighted by Crippen LogP contribution is -2.38. The van der Waals surface area contributed by atoms with Gasteiger partial charge in [0.1, 0.15) is 23.8 Å². The van der Waals surface area contributed by atoms with Gasteiger partial charge in [-0.25, -0.2) is 8.42 Å². The van der Waals surface area contributed by atoms with Crippen molar-refractivity contribution in [2.24, 2.45) is 0 Å². The molecule has 0 radical (unpaired) electrons.